The molecule has 6 heteroatoms. The molecule has 2 aromatic rings. The van der Waals surface area contributed by atoms with Crippen LogP contribution in [0.3, 0.4) is 0 Å². The number of aromatic nitrogens is 2. The molecule has 1 saturated heterocycles. The number of amides is 1. The van der Waals surface area contributed by atoms with Crippen LogP contribution in [0, 0.1) is 0 Å². The number of rotatable bonds is 5. The standard InChI is InChI=1S/C18H24N4O2/c1-14-12-21(13-15(2)24-14)10-8-19-18(23)16-5-3-6-17(11-16)22-9-4-7-20-22/h3-7,9,11,14-15H,8,10,12-13H2,1-2H3,(H,19,23). The predicted octanol–water partition coefficient (Wildman–Crippen LogP) is 1.71. The smallest absolute Gasteiger partial charge is 0.251 e. The third-order valence-corrected chi connectivity index (χ3v) is 4.09. The van der Waals surface area contributed by atoms with Gasteiger partial charge in [0.2, 0.25) is 0 Å². The van der Waals surface area contributed by atoms with Crippen LogP contribution in [0.2, 0.25) is 0 Å². The molecule has 1 aromatic heterocycles. The Morgan fingerprint density at radius 1 is 1.29 bits per heavy atom. The molecule has 6 nitrogen and oxygen atoms in total. The lowest BCUT2D eigenvalue weighted by Crippen LogP contribution is -2.47. The maximum Gasteiger partial charge on any atom is 0.251 e. The second-order valence-corrected chi connectivity index (χ2v) is 6.27. The molecular formula is C18H24N4O2. The number of benzene rings is 1. The summed E-state index contributed by atoms with van der Waals surface area (Å²) in [5, 5.41) is 7.19. The Labute approximate surface area is 142 Å². The molecule has 1 amide bonds. The summed E-state index contributed by atoms with van der Waals surface area (Å²) in [7, 11) is 0. The van der Waals surface area contributed by atoms with Gasteiger partial charge in [0.15, 0.2) is 0 Å². The van der Waals surface area contributed by atoms with Gasteiger partial charge in [-0.1, -0.05) is 6.07 Å². The van der Waals surface area contributed by atoms with E-state index in [0.29, 0.717) is 12.1 Å². The van der Waals surface area contributed by atoms with Gasteiger partial charge in [0.05, 0.1) is 17.9 Å². The summed E-state index contributed by atoms with van der Waals surface area (Å²) >= 11 is 0. The number of hydrogen-bond donors (Lipinski definition) is 1. The molecule has 1 aromatic carbocycles. The molecule has 24 heavy (non-hydrogen) atoms. The van der Waals surface area contributed by atoms with E-state index < -0.39 is 0 Å². The van der Waals surface area contributed by atoms with Crippen LogP contribution < -0.4 is 5.32 Å². The van der Waals surface area contributed by atoms with Crippen LogP contribution in [0.4, 0.5) is 0 Å². The fraction of sp³-hybridized carbons (Fsp3) is 0.444. The van der Waals surface area contributed by atoms with Crippen LogP contribution in [0.1, 0.15) is 24.2 Å². The van der Waals surface area contributed by atoms with Crippen molar-refractivity contribution in [2.24, 2.45) is 0 Å². The highest BCUT2D eigenvalue weighted by atomic mass is 16.5. The van der Waals surface area contributed by atoms with Gasteiger partial charge in [0, 0.05) is 44.1 Å². The zero-order valence-corrected chi connectivity index (χ0v) is 14.2. The van der Waals surface area contributed by atoms with Gasteiger partial charge in [-0.15, -0.1) is 0 Å². The van der Waals surface area contributed by atoms with Gasteiger partial charge in [-0.3, -0.25) is 9.69 Å². The molecule has 0 spiro atoms. The minimum atomic E-state index is -0.0571. The molecule has 1 aliphatic heterocycles. The molecule has 1 N–H and O–H groups in total. The zero-order chi connectivity index (χ0) is 16.9. The topological polar surface area (TPSA) is 59.4 Å². The van der Waals surface area contributed by atoms with Gasteiger partial charge in [-0.05, 0) is 38.1 Å². The first kappa shape index (κ1) is 16.7. The van der Waals surface area contributed by atoms with Crippen molar-refractivity contribution in [2.45, 2.75) is 26.1 Å². The second-order valence-electron chi connectivity index (χ2n) is 6.27. The fourth-order valence-electron chi connectivity index (χ4n) is 3.11. The van der Waals surface area contributed by atoms with E-state index in [-0.39, 0.29) is 18.1 Å². The highest BCUT2D eigenvalue weighted by Crippen LogP contribution is 2.11. The molecule has 1 fully saturated rings. The Morgan fingerprint density at radius 3 is 2.79 bits per heavy atom. The minimum absolute atomic E-state index is 0.0571. The van der Waals surface area contributed by atoms with Gasteiger partial charge in [0.1, 0.15) is 0 Å². The number of hydrogen-bond acceptors (Lipinski definition) is 4. The first-order chi connectivity index (χ1) is 11.6. The van der Waals surface area contributed by atoms with Crippen LogP contribution in [-0.2, 0) is 4.74 Å². The maximum absolute atomic E-state index is 12.4. The molecule has 2 unspecified atom stereocenters. The van der Waals surface area contributed by atoms with Crippen molar-refractivity contribution in [2.75, 3.05) is 26.2 Å². The Bertz CT molecular complexity index is 661. The number of ether oxygens (including phenoxy) is 1. The lowest BCUT2D eigenvalue weighted by Gasteiger charge is -2.35. The predicted molar refractivity (Wildman–Crippen MR) is 92.3 cm³/mol. The van der Waals surface area contributed by atoms with Crippen molar-refractivity contribution in [1.29, 1.82) is 0 Å². The molecule has 0 radical (unpaired) electrons. The minimum Gasteiger partial charge on any atom is -0.373 e. The molecule has 0 aliphatic carbocycles. The van der Waals surface area contributed by atoms with E-state index in [0.717, 1.165) is 25.3 Å². The number of morpholine rings is 1. The molecule has 2 heterocycles. The van der Waals surface area contributed by atoms with Crippen molar-refractivity contribution in [1.82, 2.24) is 20.0 Å². The number of nitrogens with one attached hydrogen (secondary N) is 1. The zero-order valence-electron chi connectivity index (χ0n) is 14.2. The van der Waals surface area contributed by atoms with Crippen LogP contribution in [0.25, 0.3) is 5.69 Å². The largest absolute Gasteiger partial charge is 0.373 e. The Morgan fingerprint density at radius 2 is 2.08 bits per heavy atom. The second kappa shape index (κ2) is 7.59. The summed E-state index contributed by atoms with van der Waals surface area (Å²) in [6.45, 7) is 7.46. The van der Waals surface area contributed by atoms with E-state index in [1.165, 1.54) is 0 Å². The van der Waals surface area contributed by atoms with Crippen LogP contribution in [0.5, 0.6) is 0 Å². The van der Waals surface area contributed by atoms with Gasteiger partial charge in [0.25, 0.3) is 5.91 Å². The van der Waals surface area contributed by atoms with Gasteiger partial charge < -0.3 is 10.1 Å². The SMILES string of the molecule is CC1CN(CCNC(=O)c2cccc(-n3cccn3)c2)CC(C)O1. The van der Waals surface area contributed by atoms with Crippen molar-refractivity contribution < 1.29 is 9.53 Å². The normalized spacial score (nSPS) is 21.6. The highest BCUT2D eigenvalue weighted by Gasteiger charge is 2.21. The molecule has 2 atom stereocenters. The van der Waals surface area contributed by atoms with Crippen LogP contribution in [-0.4, -0.2) is 59.0 Å². The van der Waals surface area contributed by atoms with E-state index in [9.17, 15) is 4.79 Å². The van der Waals surface area contributed by atoms with Gasteiger partial charge in [-0.25, -0.2) is 4.68 Å². The average molecular weight is 328 g/mol. The number of carbonyl (C=O) groups is 1. The molecular weight excluding hydrogens is 304 g/mol. The average Bonchev–Trinajstić information content (AvgIpc) is 3.08. The summed E-state index contributed by atoms with van der Waals surface area (Å²) in [6, 6.07) is 9.33. The lowest BCUT2D eigenvalue weighted by molar-refractivity contribution is -0.0672. The molecule has 3 rings (SSSR count). The summed E-state index contributed by atoms with van der Waals surface area (Å²) in [4.78, 5) is 14.7. The summed E-state index contributed by atoms with van der Waals surface area (Å²) < 4.78 is 7.47. The van der Waals surface area contributed by atoms with E-state index >= 15 is 0 Å². The molecule has 128 valence electrons. The van der Waals surface area contributed by atoms with Crippen molar-refractivity contribution in [3.8, 4) is 5.69 Å². The first-order valence-electron chi connectivity index (χ1n) is 8.38. The molecule has 0 saturated carbocycles. The van der Waals surface area contributed by atoms with Crippen LogP contribution in [0.15, 0.2) is 42.7 Å². The van der Waals surface area contributed by atoms with E-state index in [1.54, 1.807) is 10.9 Å². The lowest BCUT2D eigenvalue weighted by atomic mass is 10.2. The molecule has 1 aliphatic rings. The first-order valence-corrected chi connectivity index (χ1v) is 8.38. The summed E-state index contributed by atoms with van der Waals surface area (Å²) in [6.07, 6.45) is 4.07. The van der Waals surface area contributed by atoms with Crippen LogP contribution >= 0.6 is 0 Å². The van der Waals surface area contributed by atoms with Crippen molar-refractivity contribution >= 4 is 5.91 Å². The molecule has 0 bridgehead atoms. The van der Waals surface area contributed by atoms with Gasteiger partial charge in [-0.2, -0.15) is 5.10 Å². The summed E-state index contributed by atoms with van der Waals surface area (Å²) in [5.74, 6) is -0.0571. The Hall–Kier alpha value is -2.18. The third kappa shape index (κ3) is 4.21. The quantitative estimate of drug-likeness (QED) is 0.908. The number of nitrogens with zero attached hydrogens (tertiary/aromatic N) is 3. The van der Waals surface area contributed by atoms with E-state index in [4.69, 9.17) is 4.74 Å². The monoisotopic (exact) mass is 328 g/mol. The highest BCUT2D eigenvalue weighted by molar-refractivity contribution is 5.94. The fourth-order valence-corrected chi connectivity index (χ4v) is 3.11. The third-order valence-electron chi connectivity index (χ3n) is 4.09. The van der Waals surface area contributed by atoms with E-state index in [2.05, 4.69) is 29.2 Å². The Balaban J connectivity index is 1.53. The van der Waals surface area contributed by atoms with Crippen molar-refractivity contribution in [3.05, 3.63) is 48.3 Å². The Kier molecular flexibility index (Phi) is 5.27. The maximum atomic E-state index is 12.4. The van der Waals surface area contributed by atoms with Gasteiger partial charge >= 0.3 is 0 Å². The van der Waals surface area contributed by atoms with Crippen molar-refractivity contribution in [3.63, 3.8) is 0 Å². The van der Waals surface area contributed by atoms with E-state index in [1.807, 2.05) is 36.5 Å². The summed E-state index contributed by atoms with van der Waals surface area (Å²) in [5.41, 5.74) is 1.52. The number of carbonyl (C=O) groups excluding carboxylic acids is 1.